The van der Waals surface area contributed by atoms with Gasteiger partial charge in [0.15, 0.2) is 0 Å². The normalized spacial score (nSPS) is 18.7. The number of aromatic nitrogens is 2. The van der Waals surface area contributed by atoms with Crippen molar-refractivity contribution >= 4 is 27.4 Å². The average Bonchev–Trinajstić information content (AvgIpc) is 2.68. The molecule has 1 saturated heterocycles. The summed E-state index contributed by atoms with van der Waals surface area (Å²) in [5.74, 6) is 0.644. The van der Waals surface area contributed by atoms with Gasteiger partial charge >= 0.3 is 5.69 Å². The number of nitrogens with zero attached hydrogens (tertiary/aromatic N) is 3. The smallest absolute Gasteiger partial charge is 0.330 e. The first-order valence-electron chi connectivity index (χ1n) is 9.73. The van der Waals surface area contributed by atoms with Crippen molar-refractivity contribution in [1.29, 1.82) is 0 Å². The van der Waals surface area contributed by atoms with Crippen LogP contribution in [0.1, 0.15) is 38.1 Å². The fourth-order valence-corrected chi connectivity index (χ4v) is 4.61. The summed E-state index contributed by atoms with van der Waals surface area (Å²) in [6.45, 7) is 3.25. The number of aromatic amines is 1. The van der Waals surface area contributed by atoms with Gasteiger partial charge in [-0.05, 0) is 31.0 Å². The largest absolute Gasteiger partial charge is 0.368 e. The van der Waals surface area contributed by atoms with Crippen molar-refractivity contribution in [2.75, 3.05) is 36.0 Å². The second-order valence-electron chi connectivity index (χ2n) is 7.41. The number of halogens is 1. The maximum Gasteiger partial charge on any atom is 0.330 e. The SMILES string of the molecule is O=c1cc(N2CCN(c3cccc(Br)c3)CC2)[nH]c(=O)n1C1CCCCC1. The highest BCUT2D eigenvalue weighted by Gasteiger charge is 2.22. The van der Waals surface area contributed by atoms with Gasteiger partial charge in [0.1, 0.15) is 5.82 Å². The lowest BCUT2D eigenvalue weighted by Gasteiger charge is -2.37. The molecule has 7 heteroatoms. The predicted molar refractivity (Wildman–Crippen MR) is 112 cm³/mol. The summed E-state index contributed by atoms with van der Waals surface area (Å²) in [4.78, 5) is 32.6. The molecule has 2 aromatic rings. The quantitative estimate of drug-likeness (QED) is 0.808. The van der Waals surface area contributed by atoms with E-state index in [4.69, 9.17) is 0 Å². The molecule has 0 bridgehead atoms. The van der Waals surface area contributed by atoms with Crippen LogP contribution in [0.3, 0.4) is 0 Å². The van der Waals surface area contributed by atoms with Crippen LogP contribution in [0.25, 0.3) is 0 Å². The van der Waals surface area contributed by atoms with Crippen molar-refractivity contribution in [2.24, 2.45) is 0 Å². The molecule has 0 amide bonds. The van der Waals surface area contributed by atoms with E-state index in [1.54, 1.807) is 6.07 Å². The van der Waals surface area contributed by atoms with E-state index in [-0.39, 0.29) is 17.3 Å². The summed E-state index contributed by atoms with van der Waals surface area (Å²) in [6.07, 6.45) is 5.23. The summed E-state index contributed by atoms with van der Waals surface area (Å²) in [7, 11) is 0. The highest BCUT2D eigenvalue weighted by Crippen LogP contribution is 2.26. The molecule has 1 N–H and O–H groups in total. The molecular formula is C20H25BrN4O2. The first-order chi connectivity index (χ1) is 13.1. The minimum atomic E-state index is -0.265. The topological polar surface area (TPSA) is 61.3 Å². The summed E-state index contributed by atoms with van der Waals surface area (Å²) in [6, 6.07) is 9.93. The van der Waals surface area contributed by atoms with Crippen LogP contribution in [0.4, 0.5) is 11.5 Å². The van der Waals surface area contributed by atoms with Crippen molar-refractivity contribution in [3.05, 3.63) is 55.6 Å². The molecule has 2 fully saturated rings. The molecule has 0 unspecified atom stereocenters. The lowest BCUT2D eigenvalue weighted by molar-refractivity contribution is 0.336. The first kappa shape index (κ1) is 18.3. The Kier molecular flexibility index (Phi) is 5.38. The second-order valence-corrected chi connectivity index (χ2v) is 8.33. The van der Waals surface area contributed by atoms with Crippen LogP contribution >= 0.6 is 15.9 Å². The van der Waals surface area contributed by atoms with E-state index < -0.39 is 0 Å². The second kappa shape index (κ2) is 7.92. The van der Waals surface area contributed by atoms with E-state index in [9.17, 15) is 9.59 Å². The van der Waals surface area contributed by atoms with Gasteiger partial charge in [-0.15, -0.1) is 0 Å². The molecule has 1 saturated carbocycles. The fraction of sp³-hybridized carbons (Fsp3) is 0.500. The van der Waals surface area contributed by atoms with Crippen LogP contribution in [0, 0.1) is 0 Å². The Balaban J connectivity index is 1.48. The molecule has 0 atom stereocenters. The maximum absolute atomic E-state index is 12.6. The molecule has 4 rings (SSSR count). The van der Waals surface area contributed by atoms with E-state index in [0.717, 1.165) is 56.3 Å². The standard InChI is InChI=1S/C20H25BrN4O2/c21-15-5-4-8-17(13-15)23-9-11-24(12-10-23)18-14-19(26)25(20(27)22-18)16-6-2-1-3-7-16/h4-5,8,13-14,16H,1-3,6-7,9-12H2,(H,22,27). The molecule has 2 heterocycles. The van der Waals surface area contributed by atoms with E-state index in [1.165, 1.54) is 16.7 Å². The van der Waals surface area contributed by atoms with Crippen molar-refractivity contribution < 1.29 is 0 Å². The van der Waals surface area contributed by atoms with Crippen molar-refractivity contribution in [3.63, 3.8) is 0 Å². The number of hydrogen-bond acceptors (Lipinski definition) is 4. The molecule has 1 aliphatic carbocycles. The molecule has 1 aromatic carbocycles. The van der Waals surface area contributed by atoms with Crippen LogP contribution in [-0.2, 0) is 0 Å². The third kappa shape index (κ3) is 3.98. The van der Waals surface area contributed by atoms with Gasteiger partial charge in [0.25, 0.3) is 5.56 Å². The lowest BCUT2D eigenvalue weighted by atomic mass is 9.95. The van der Waals surface area contributed by atoms with Crippen LogP contribution in [0.5, 0.6) is 0 Å². The minimum Gasteiger partial charge on any atom is -0.368 e. The number of anilines is 2. The Morgan fingerprint density at radius 1 is 0.926 bits per heavy atom. The third-order valence-corrected chi connectivity index (χ3v) is 6.18. The Morgan fingerprint density at radius 2 is 1.63 bits per heavy atom. The van der Waals surface area contributed by atoms with Crippen LogP contribution in [0.15, 0.2) is 44.4 Å². The Hall–Kier alpha value is -2.02. The lowest BCUT2D eigenvalue weighted by Crippen LogP contribution is -2.48. The van der Waals surface area contributed by atoms with Crippen molar-refractivity contribution in [3.8, 4) is 0 Å². The Bertz CT molecular complexity index is 877. The van der Waals surface area contributed by atoms with E-state index in [2.05, 4.69) is 42.8 Å². The monoisotopic (exact) mass is 432 g/mol. The van der Waals surface area contributed by atoms with Crippen LogP contribution < -0.4 is 21.0 Å². The molecular weight excluding hydrogens is 408 g/mol. The zero-order valence-corrected chi connectivity index (χ0v) is 17.0. The van der Waals surface area contributed by atoms with Gasteiger partial charge in [-0.3, -0.25) is 14.3 Å². The van der Waals surface area contributed by atoms with E-state index in [1.807, 2.05) is 12.1 Å². The molecule has 0 radical (unpaired) electrons. The Labute approximate surface area is 166 Å². The number of nitrogens with one attached hydrogen (secondary N) is 1. The number of rotatable bonds is 3. The van der Waals surface area contributed by atoms with Crippen molar-refractivity contribution in [2.45, 2.75) is 38.1 Å². The number of H-pyrrole nitrogens is 1. The first-order valence-corrected chi connectivity index (χ1v) is 10.5. The highest BCUT2D eigenvalue weighted by molar-refractivity contribution is 9.10. The summed E-state index contributed by atoms with van der Waals surface area (Å²) in [5, 5.41) is 0. The summed E-state index contributed by atoms with van der Waals surface area (Å²) >= 11 is 3.52. The predicted octanol–water partition coefficient (Wildman–Crippen LogP) is 3.13. The number of piperazine rings is 1. The summed E-state index contributed by atoms with van der Waals surface area (Å²) < 4.78 is 2.50. The highest BCUT2D eigenvalue weighted by atomic mass is 79.9. The van der Waals surface area contributed by atoms with Gasteiger partial charge in [0, 0.05) is 48.4 Å². The number of benzene rings is 1. The zero-order chi connectivity index (χ0) is 18.8. The zero-order valence-electron chi connectivity index (χ0n) is 15.4. The van der Waals surface area contributed by atoms with E-state index >= 15 is 0 Å². The molecule has 2 aliphatic rings. The van der Waals surface area contributed by atoms with Gasteiger partial charge in [-0.1, -0.05) is 41.3 Å². The van der Waals surface area contributed by atoms with Gasteiger partial charge in [-0.25, -0.2) is 4.79 Å². The number of hydrogen-bond donors (Lipinski definition) is 1. The Morgan fingerprint density at radius 3 is 2.30 bits per heavy atom. The van der Waals surface area contributed by atoms with Gasteiger partial charge in [0.2, 0.25) is 0 Å². The van der Waals surface area contributed by atoms with Gasteiger partial charge in [0.05, 0.1) is 0 Å². The molecule has 144 valence electrons. The van der Waals surface area contributed by atoms with Gasteiger partial charge < -0.3 is 9.80 Å². The fourth-order valence-electron chi connectivity index (χ4n) is 4.23. The molecule has 1 aromatic heterocycles. The van der Waals surface area contributed by atoms with Crippen LogP contribution in [-0.4, -0.2) is 35.7 Å². The molecule has 6 nitrogen and oxygen atoms in total. The van der Waals surface area contributed by atoms with Crippen molar-refractivity contribution in [1.82, 2.24) is 9.55 Å². The molecule has 27 heavy (non-hydrogen) atoms. The van der Waals surface area contributed by atoms with Crippen LogP contribution in [0.2, 0.25) is 0 Å². The third-order valence-electron chi connectivity index (χ3n) is 5.68. The maximum atomic E-state index is 12.6. The minimum absolute atomic E-state index is 0.0532. The molecule has 1 aliphatic heterocycles. The van der Waals surface area contributed by atoms with Gasteiger partial charge in [-0.2, -0.15) is 0 Å². The van der Waals surface area contributed by atoms with E-state index in [0.29, 0.717) is 5.82 Å². The average molecular weight is 433 g/mol. The molecule has 0 spiro atoms. The summed E-state index contributed by atoms with van der Waals surface area (Å²) in [5.41, 5.74) is 0.749.